The lowest BCUT2D eigenvalue weighted by atomic mass is 10.2. The molecule has 5 heteroatoms. The number of nitrogens with zero attached hydrogens (tertiary/aromatic N) is 1. The van der Waals surface area contributed by atoms with Crippen molar-refractivity contribution in [3.63, 3.8) is 0 Å². The number of rotatable bonds is 3. The maximum Gasteiger partial charge on any atom is 0.138 e. The van der Waals surface area contributed by atoms with Crippen molar-refractivity contribution in [2.75, 3.05) is 0 Å². The number of aromatic nitrogens is 1. The van der Waals surface area contributed by atoms with Crippen LogP contribution in [0.5, 0.6) is 11.5 Å². The number of hydrogen-bond donors (Lipinski definition) is 1. The van der Waals surface area contributed by atoms with E-state index in [4.69, 9.17) is 33.7 Å². The molecule has 1 heterocycles. The van der Waals surface area contributed by atoms with Gasteiger partial charge in [-0.25, -0.2) is 0 Å². The predicted octanol–water partition coefficient (Wildman–Crippen LogP) is 4.79. The van der Waals surface area contributed by atoms with E-state index in [-0.39, 0.29) is 0 Å². The van der Waals surface area contributed by atoms with Crippen LogP contribution < -0.4 is 10.5 Å². The van der Waals surface area contributed by atoms with Gasteiger partial charge in [-0.15, -0.1) is 0 Å². The predicted molar refractivity (Wildman–Crippen MR) is 86.2 cm³/mol. The highest BCUT2D eigenvalue weighted by atomic mass is 35.5. The molecule has 3 rings (SSSR count). The minimum atomic E-state index is 0.350. The molecule has 0 bridgehead atoms. The zero-order chi connectivity index (χ0) is 14.8. The molecule has 0 spiro atoms. The zero-order valence-electron chi connectivity index (χ0n) is 11.0. The number of nitrogens with two attached hydrogens (primary N) is 1. The molecular weight excluding hydrogens is 307 g/mol. The van der Waals surface area contributed by atoms with Crippen molar-refractivity contribution in [3.05, 3.63) is 64.3 Å². The molecule has 0 unspecified atom stereocenters. The highest BCUT2D eigenvalue weighted by Gasteiger charge is 2.08. The normalized spacial score (nSPS) is 10.8. The molecule has 0 saturated heterocycles. The number of fused-ring (bicyclic) bond motifs is 1. The number of ether oxygens (including phenoxy) is 1. The Kier molecular flexibility index (Phi) is 3.97. The molecule has 0 aliphatic heterocycles. The molecule has 3 aromatic rings. The third-order valence-electron chi connectivity index (χ3n) is 3.06. The van der Waals surface area contributed by atoms with Gasteiger partial charge in [-0.3, -0.25) is 4.98 Å². The van der Waals surface area contributed by atoms with E-state index in [0.29, 0.717) is 28.1 Å². The minimum absolute atomic E-state index is 0.350. The summed E-state index contributed by atoms with van der Waals surface area (Å²) < 4.78 is 5.93. The van der Waals surface area contributed by atoms with Crippen LogP contribution in [0.3, 0.4) is 0 Å². The molecular formula is C16H12Cl2N2O. The van der Waals surface area contributed by atoms with E-state index in [9.17, 15) is 0 Å². The van der Waals surface area contributed by atoms with Gasteiger partial charge in [-0.2, -0.15) is 0 Å². The summed E-state index contributed by atoms with van der Waals surface area (Å²) in [7, 11) is 0. The van der Waals surface area contributed by atoms with E-state index < -0.39 is 0 Å². The maximum absolute atomic E-state index is 6.01. The van der Waals surface area contributed by atoms with Crippen LogP contribution in [-0.2, 0) is 6.54 Å². The first-order valence-electron chi connectivity index (χ1n) is 6.39. The van der Waals surface area contributed by atoms with E-state index >= 15 is 0 Å². The van der Waals surface area contributed by atoms with Crippen LogP contribution in [0.1, 0.15) is 5.69 Å². The van der Waals surface area contributed by atoms with Crippen LogP contribution in [0.4, 0.5) is 0 Å². The van der Waals surface area contributed by atoms with Crippen molar-refractivity contribution in [2.45, 2.75) is 6.54 Å². The van der Waals surface area contributed by atoms with Crippen molar-refractivity contribution < 1.29 is 4.74 Å². The third kappa shape index (κ3) is 2.95. The van der Waals surface area contributed by atoms with Gasteiger partial charge in [0.1, 0.15) is 11.5 Å². The second kappa shape index (κ2) is 5.90. The average molecular weight is 319 g/mol. The maximum atomic E-state index is 6.01. The molecule has 2 aromatic carbocycles. The van der Waals surface area contributed by atoms with E-state index in [0.717, 1.165) is 16.6 Å². The first-order chi connectivity index (χ1) is 10.2. The quantitative estimate of drug-likeness (QED) is 0.755. The Hall–Kier alpha value is -1.81. The third-order valence-corrected chi connectivity index (χ3v) is 3.80. The number of para-hydroxylation sites is 1. The largest absolute Gasteiger partial charge is 0.457 e. The highest BCUT2D eigenvalue weighted by Crippen LogP contribution is 2.33. The molecule has 0 radical (unpaired) electrons. The zero-order valence-corrected chi connectivity index (χ0v) is 12.5. The number of pyridine rings is 1. The van der Waals surface area contributed by atoms with Crippen LogP contribution in [0.15, 0.2) is 48.5 Å². The molecule has 0 aliphatic rings. The Morgan fingerprint density at radius 3 is 2.57 bits per heavy atom. The molecule has 0 atom stereocenters. The van der Waals surface area contributed by atoms with Crippen molar-refractivity contribution in [1.82, 2.24) is 4.98 Å². The standard InChI is InChI=1S/C16H12Cl2N2O/c17-13-6-5-11(8-14(13)18)21-16-7-10(9-19)20-15-4-2-1-3-12(15)16/h1-8H,9,19H2. The Balaban J connectivity index is 2.08. The van der Waals surface area contributed by atoms with Crippen LogP contribution in [0, 0.1) is 0 Å². The van der Waals surface area contributed by atoms with E-state index in [1.54, 1.807) is 18.2 Å². The molecule has 21 heavy (non-hydrogen) atoms. The van der Waals surface area contributed by atoms with Gasteiger partial charge in [0.15, 0.2) is 0 Å². The lowest BCUT2D eigenvalue weighted by Crippen LogP contribution is -2.00. The summed E-state index contributed by atoms with van der Waals surface area (Å²) in [5, 5.41) is 1.86. The molecule has 106 valence electrons. The highest BCUT2D eigenvalue weighted by molar-refractivity contribution is 6.42. The Morgan fingerprint density at radius 2 is 1.81 bits per heavy atom. The molecule has 0 amide bonds. The van der Waals surface area contributed by atoms with Gasteiger partial charge in [0, 0.05) is 24.1 Å². The Bertz CT molecular complexity index is 805. The summed E-state index contributed by atoms with van der Waals surface area (Å²) in [6.45, 7) is 0.350. The van der Waals surface area contributed by atoms with Gasteiger partial charge in [0.05, 0.1) is 21.3 Å². The molecule has 0 aliphatic carbocycles. The van der Waals surface area contributed by atoms with Gasteiger partial charge in [-0.1, -0.05) is 35.3 Å². The lowest BCUT2D eigenvalue weighted by Gasteiger charge is -2.11. The molecule has 2 N–H and O–H groups in total. The van der Waals surface area contributed by atoms with Gasteiger partial charge < -0.3 is 10.5 Å². The summed E-state index contributed by atoms with van der Waals surface area (Å²) in [4.78, 5) is 4.48. The van der Waals surface area contributed by atoms with Gasteiger partial charge in [0.2, 0.25) is 0 Å². The first kappa shape index (κ1) is 14.1. The van der Waals surface area contributed by atoms with Crippen LogP contribution in [-0.4, -0.2) is 4.98 Å². The van der Waals surface area contributed by atoms with Crippen molar-refractivity contribution in [1.29, 1.82) is 0 Å². The van der Waals surface area contributed by atoms with Gasteiger partial charge in [0.25, 0.3) is 0 Å². The monoisotopic (exact) mass is 318 g/mol. The molecule has 1 aromatic heterocycles. The summed E-state index contributed by atoms with van der Waals surface area (Å²) in [6.07, 6.45) is 0. The van der Waals surface area contributed by atoms with Crippen LogP contribution in [0.2, 0.25) is 10.0 Å². The fraction of sp³-hybridized carbons (Fsp3) is 0.0625. The van der Waals surface area contributed by atoms with E-state index in [1.807, 2.05) is 30.3 Å². The SMILES string of the molecule is NCc1cc(Oc2ccc(Cl)c(Cl)c2)c2ccccc2n1. The summed E-state index contributed by atoms with van der Waals surface area (Å²) in [5.41, 5.74) is 7.30. The molecule has 0 saturated carbocycles. The lowest BCUT2D eigenvalue weighted by molar-refractivity contribution is 0.487. The average Bonchev–Trinajstić information content (AvgIpc) is 2.51. The smallest absolute Gasteiger partial charge is 0.138 e. The van der Waals surface area contributed by atoms with Gasteiger partial charge >= 0.3 is 0 Å². The second-order valence-corrected chi connectivity index (χ2v) is 5.33. The van der Waals surface area contributed by atoms with Crippen molar-refractivity contribution in [3.8, 4) is 11.5 Å². The minimum Gasteiger partial charge on any atom is -0.457 e. The fourth-order valence-corrected chi connectivity index (χ4v) is 2.34. The van der Waals surface area contributed by atoms with Crippen LogP contribution >= 0.6 is 23.2 Å². The molecule has 3 nitrogen and oxygen atoms in total. The topological polar surface area (TPSA) is 48.1 Å². The number of hydrogen-bond acceptors (Lipinski definition) is 3. The second-order valence-electron chi connectivity index (χ2n) is 4.51. The molecule has 0 fully saturated rings. The fourth-order valence-electron chi connectivity index (χ4n) is 2.05. The summed E-state index contributed by atoms with van der Waals surface area (Å²) >= 11 is 11.9. The van der Waals surface area contributed by atoms with Crippen molar-refractivity contribution in [2.24, 2.45) is 5.73 Å². The summed E-state index contributed by atoms with van der Waals surface area (Å²) in [6, 6.07) is 14.7. The summed E-state index contributed by atoms with van der Waals surface area (Å²) in [5.74, 6) is 1.31. The first-order valence-corrected chi connectivity index (χ1v) is 7.14. The van der Waals surface area contributed by atoms with E-state index in [1.165, 1.54) is 0 Å². The number of benzene rings is 2. The van der Waals surface area contributed by atoms with Gasteiger partial charge in [-0.05, 0) is 24.3 Å². The number of halogens is 2. The Morgan fingerprint density at radius 1 is 1.00 bits per heavy atom. The van der Waals surface area contributed by atoms with Crippen molar-refractivity contribution >= 4 is 34.1 Å². The van der Waals surface area contributed by atoms with E-state index in [2.05, 4.69) is 4.98 Å². The Labute approximate surface area is 132 Å². The van der Waals surface area contributed by atoms with Crippen LogP contribution in [0.25, 0.3) is 10.9 Å².